The van der Waals surface area contributed by atoms with Crippen molar-refractivity contribution in [3.05, 3.63) is 60.3 Å². The van der Waals surface area contributed by atoms with Gasteiger partial charge >= 0.3 is 5.97 Å². The fourth-order valence-electron chi connectivity index (χ4n) is 3.27. The van der Waals surface area contributed by atoms with Crippen LogP contribution in [0.3, 0.4) is 0 Å². The summed E-state index contributed by atoms with van der Waals surface area (Å²) in [5.41, 5.74) is 3.28. The van der Waals surface area contributed by atoms with Crippen molar-refractivity contribution in [2.24, 2.45) is 0 Å². The minimum Gasteiger partial charge on any atom is -0.465 e. The molecule has 3 aromatic rings. The lowest BCUT2D eigenvalue weighted by Crippen LogP contribution is -2.17. The molecule has 2 heterocycles. The maximum atomic E-state index is 11.7. The maximum Gasteiger partial charge on any atom is 0.337 e. The van der Waals surface area contributed by atoms with E-state index in [1.165, 1.54) is 31.8 Å². The van der Waals surface area contributed by atoms with E-state index in [-0.39, 0.29) is 0 Å². The third kappa shape index (κ3) is 4.60. The lowest BCUT2D eigenvalue weighted by atomic mass is 10.2. The van der Waals surface area contributed by atoms with Crippen molar-refractivity contribution in [1.82, 2.24) is 15.2 Å². The monoisotopic (exact) mass is 390 g/mol. The van der Waals surface area contributed by atoms with Crippen LogP contribution in [0.15, 0.2) is 54.7 Å². The molecule has 1 fully saturated rings. The predicted octanol–water partition coefficient (Wildman–Crippen LogP) is 3.75. The largest absolute Gasteiger partial charge is 0.465 e. The molecule has 0 saturated carbocycles. The number of nitrogens with one attached hydrogen (secondary N) is 2. The summed E-state index contributed by atoms with van der Waals surface area (Å²) in [6.45, 7) is 2.23. The summed E-state index contributed by atoms with van der Waals surface area (Å²) in [7, 11) is 1.35. The first kappa shape index (κ1) is 18.7. The third-order valence-corrected chi connectivity index (χ3v) is 4.71. The Hall–Kier alpha value is -3.68. The zero-order valence-electron chi connectivity index (χ0n) is 16.1. The van der Waals surface area contributed by atoms with Gasteiger partial charge in [-0.05, 0) is 55.3 Å². The second-order valence-electron chi connectivity index (χ2n) is 6.73. The molecule has 1 aliphatic rings. The molecule has 0 spiro atoms. The topological polar surface area (TPSA) is 92.3 Å². The van der Waals surface area contributed by atoms with E-state index in [0.717, 1.165) is 18.8 Å². The molecule has 0 atom stereocenters. The van der Waals surface area contributed by atoms with Gasteiger partial charge in [-0.2, -0.15) is 10.1 Å². The zero-order chi connectivity index (χ0) is 20.1. The molecule has 8 heteroatoms. The third-order valence-electron chi connectivity index (χ3n) is 4.71. The molecule has 0 aliphatic carbocycles. The Morgan fingerprint density at radius 2 is 1.83 bits per heavy atom. The van der Waals surface area contributed by atoms with Gasteiger partial charge in [-0.15, -0.1) is 5.10 Å². The SMILES string of the molecule is COC(=O)c1cccc(Nc2cnnc(Nc3ccc(N4CCCC4)cc3)n2)c1. The Morgan fingerprint density at radius 3 is 2.59 bits per heavy atom. The molecule has 148 valence electrons. The molecule has 0 bridgehead atoms. The fraction of sp³-hybridized carbons (Fsp3) is 0.238. The van der Waals surface area contributed by atoms with Crippen molar-refractivity contribution in [1.29, 1.82) is 0 Å². The smallest absolute Gasteiger partial charge is 0.337 e. The van der Waals surface area contributed by atoms with Crippen LogP contribution in [0.2, 0.25) is 0 Å². The van der Waals surface area contributed by atoms with Crippen LogP contribution in [-0.4, -0.2) is 41.3 Å². The highest BCUT2D eigenvalue weighted by Crippen LogP contribution is 2.23. The summed E-state index contributed by atoms with van der Waals surface area (Å²) < 4.78 is 4.75. The Labute approximate surface area is 168 Å². The molecule has 2 aromatic carbocycles. The molecule has 0 radical (unpaired) electrons. The van der Waals surface area contributed by atoms with E-state index in [4.69, 9.17) is 4.74 Å². The number of methoxy groups -OCH3 is 1. The molecule has 2 N–H and O–H groups in total. The van der Waals surface area contributed by atoms with Gasteiger partial charge in [-0.3, -0.25) is 0 Å². The van der Waals surface area contributed by atoms with Crippen LogP contribution in [0.4, 0.5) is 28.8 Å². The second-order valence-corrected chi connectivity index (χ2v) is 6.73. The molecule has 1 aromatic heterocycles. The molecule has 4 rings (SSSR count). The summed E-state index contributed by atoms with van der Waals surface area (Å²) in [5.74, 6) is 0.500. The number of hydrogen-bond acceptors (Lipinski definition) is 8. The number of nitrogens with zero attached hydrogens (tertiary/aromatic N) is 4. The van der Waals surface area contributed by atoms with Crippen LogP contribution in [0.5, 0.6) is 0 Å². The highest BCUT2D eigenvalue weighted by Gasteiger charge is 2.12. The van der Waals surface area contributed by atoms with Crippen LogP contribution < -0.4 is 15.5 Å². The number of benzene rings is 2. The first-order valence-corrected chi connectivity index (χ1v) is 9.48. The van der Waals surface area contributed by atoms with E-state index in [1.54, 1.807) is 18.2 Å². The zero-order valence-corrected chi connectivity index (χ0v) is 16.1. The van der Waals surface area contributed by atoms with E-state index in [1.807, 2.05) is 18.2 Å². The number of anilines is 5. The molecule has 8 nitrogen and oxygen atoms in total. The molecule has 29 heavy (non-hydrogen) atoms. The quantitative estimate of drug-likeness (QED) is 0.615. The van der Waals surface area contributed by atoms with Crippen LogP contribution in [0, 0.1) is 0 Å². The standard InChI is InChI=1S/C21H22N6O2/c1-29-20(28)15-5-4-6-17(13-15)23-19-14-22-26-21(25-19)24-16-7-9-18(10-8-16)27-11-2-3-12-27/h4-10,13-14H,2-3,11-12H2,1H3,(H2,23,24,25,26). The van der Waals surface area contributed by atoms with Gasteiger partial charge in [0, 0.05) is 30.2 Å². The number of carbonyl (C=O) groups is 1. The van der Waals surface area contributed by atoms with Crippen molar-refractivity contribution >= 4 is 34.8 Å². The van der Waals surface area contributed by atoms with Gasteiger partial charge in [0.25, 0.3) is 0 Å². The van der Waals surface area contributed by atoms with Crippen LogP contribution >= 0.6 is 0 Å². The normalized spacial score (nSPS) is 13.2. The highest BCUT2D eigenvalue weighted by molar-refractivity contribution is 5.90. The van der Waals surface area contributed by atoms with Gasteiger partial charge in [0.2, 0.25) is 5.95 Å². The molecular weight excluding hydrogens is 368 g/mol. The fourth-order valence-corrected chi connectivity index (χ4v) is 3.27. The number of rotatable bonds is 6. The Kier molecular flexibility index (Phi) is 5.51. The summed E-state index contributed by atoms with van der Waals surface area (Å²) in [6.07, 6.45) is 4.02. The first-order chi connectivity index (χ1) is 14.2. The minimum absolute atomic E-state index is 0.382. The Balaban J connectivity index is 1.44. The summed E-state index contributed by atoms with van der Waals surface area (Å²) in [5, 5.41) is 14.3. The van der Waals surface area contributed by atoms with Gasteiger partial charge in [0.1, 0.15) is 0 Å². The number of hydrogen-bond donors (Lipinski definition) is 2. The van der Waals surface area contributed by atoms with Crippen molar-refractivity contribution in [2.75, 3.05) is 35.7 Å². The second kappa shape index (κ2) is 8.55. The number of aromatic nitrogens is 3. The van der Waals surface area contributed by atoms with E-state index >= 15 is 0 Å². The predicted molar refractivity (Wildman–Crippen MR) is 112 cm³/mol. The summed E-state index contributed by atoms with van der Waals surface area (Å²) >= 11 is 0. The summed E-state index contributed by atoms with van der Waals surface area (Å²) in [4.78, 5) is 18.5. The minimum atomic E-state index is -0.394. The average molecular weight is 390 g/mol. The van der Waals surface area contributed by atoms with Gasteiger partial charge in [0.05, 0.1) is 18.9 Å². The first-order valence-electron chi connectivity index (χ1n) is 9.48. The van der Waals surface area contributed by atoms with Crippen LogP contribution in [-0.2, 0) is 4.74 Å². The van der Waals surface area contributed by atoms with Gasteiger partial charge < -0.3 is 20.3 Å². The molecule has 1 saturated heterocycles. The van der Waals surface area contributed by atoms with Gasteiger partial charge in [-0.1, -0.05) is 6.07 Å². The van der Waals surface area contributed by atoms with Crippen molar-refractivity contribution in [3.63, 3.8) is 0 Å². The number of carbonyl (C=O) groups excluding carboxylic acids is 1. The van der Waals surface area contributed by atoms with E-state index in [9.17, 15) is 4.79 Å². The Morgan fingerprint density at radius 1 is 1.03 bits per heavy atom. The molecule has 0 unspecified atom stereocenters. The van der Waals surface area contributed by atoms with Crippen LogP contribution in [0.25, 0.3) is 0 Å². The lowest BCUT2D eigenvalue weighted by Gasteiger charge is -2.17. The van der Waals surface area contributed by atoms with Crippen molar-refractivity contribution < 1.29 is 9.53 Å². The molecule has 1 aliphatic heterocycles. The maximum absolute atomic E-state index is 11.7. The molecule has 0 amide bonds. The average Bonchev–Trinajstić information content (AvgIpc) is 3.29. The van der Waals surface area contributed by atoms with Gasteiger partial charge in [0.15, 0.2) is 5.82 Å². The van der Waals surface area contributed by atoms with Crippen LogP contribution in [0.1, 0.15) is 23.2 Å². The number of esters is 1. The number of ether oxygens (including phenoxy) is 1. The van der Waals surface area contributed by atoms with Crippen molar-refractivity contribution in [3.8, 4) is 0 Å². The van der Waals surface area contributed by atoms with Crippen molar-refractivity contribution in [2.45, 2.75) is 12.8 Å². The highest BCUT2D eigenvalue weighted by atomic mass is 16.5. The molecular formula is C21H22N6O2. The van der Waals surface area contributed by atoms with E-state index in [0.29, 0.717) is 23.0 Å². The van der Waals surface area contributed by atoms with E-state index < -0.39 is 5.97 Å². The lowest BCUT2D eigenvalue weighted by molar-refractivity contribution is 0.0601. The van der Waals surface area contributed by atoms with E-state index in [2.05, 4.69) is 42.8 Å². The van der Waals surface area contributed by atoms with Gasteiger partial charge in [-0.25, -0.2) is 4.79 Å². The Bertz CT molecular complexity index is 986. The summed E-state index contributed by atoms with van der Waals surface area (Å²) in [6, 6.07) is 15.2.